The van der Waals surface area contributed by atoms with Crippen LogP contribution in [0.4, 0.5) is 11.5 Å². The molecule has 1 aromatic heterocycles. The molecule has 1 aliphatic rings. The number of aromatic nitrogens is 2. The number of carboxylic acids is 1. The number of nitro groups is 1. The molecular formula is C11H14N4O5. The van der Waals surface area contributed by atoms with Crippen molar-refractivity contribution in [2.75, 3.05) is 18.6 Å². The zero-order chi connectivity index (χ0) is 14.7. The average molecular weight is 282 g/mol. The van der Waals surface area contributed by atoms with Crippen LogP contribution in [-0.2, 0) is 4.79 Å². The van der Waals surface area contributed by atoms with Crippen LogP contribution in [0.3, 0.4) is 0 Å². The zero-order valence-corrected chi connectivity index (χ0v) is 10.9. The maximum atomic E-state index is 11.2. The number of methoxy groups -OCH3 is 1. The maximum absolute atomic E-state index is 11.2. The number of carboxylic acid groups (broad SMARTS) is 1. The predicted molar refractivity (Wildman–Crippen MR) is 67.9 cm³/mol. The second-order valence-electron chi connectivity index (χ2n) is 4.40. The van der Waals surface area contributed by atoms with Crippen molar-refractivity contribution < 1.29 is 19.6 Å². The van der Waals surface area contributed by atoms with E-state index in [0.29, 0.717) is 13.0 Å². The van der Waals surface area contributed by atoms with E-state index in [9.17, 15) is 14.9 Å². The number of hydrogen-bond acceptors (Lipinski definition) is 7. The first kappa shape index (κ1) is 14.0. The highest BCUT2D eigenvalue weighted by Gasteiger charge is 2.35. The van der Waals surface area contributed by atoms with Gasteiger partial charge in [-0.3, -0.25) is 14.9 Å². The molecule has 0 amide bonds. The fourth-order valence-electron chi connectivity index (χ4n) is 2.40. The van der Waals surface area contributed by atoms with E-state index in [4.69, 9.17) is 9.84 Å². The normalized spacial score (nSPS) is 18.1. The van der Waals surface area contributed by atoms with E-state index in [1.165, 1.54) is 13.4 Å². The fraction of sp³-hybridized carbons (Fsp3) is 0.545. The van der Waals surface area contributed by atoms with E-state index in [1.807, 2.05) is 0 Å². The maximum Gasteiger partial charge on any atom is 0.372 e. The lowest BCUT2D eigenvalue weighted by molar-refractivity contribution is -0.385. The molecule has 1 N–H and O–H groups in total. The van der Waals surface area contributed by atoms with Gasteiger partial charge >= 0.3 is 11.7 Å². The molecule has 1 aromatic rings. The van der Waals surface area contributed by atoms with E-state index in [-0.39, 0.29) is 29.8 Å². The van der Waals surface area contributed by atoms with Crippen molar-refractivity contribution >= 4 is 17.5 Å². The van der Waals surface area contributed by atoms with E-state index in [0.717, 1.165) is 6.42 Å². The van der Waals surface area contributed by atoms with Crippen molar-refractivity contribution in [3.63, 3.8) is 0 Å². The van der Waals surface area contributed by atoms with Crippen molar-refractivity contribution in [2.24, 2.45) is 0 Å². The lowest BCUT2D eigenvalue weighted by Gasteiger charge is -2.24. The Morgan fingerprint density at radius 2 is 2.40 bits per heavy atom. The highest BCUT2D eigenvalue weighted by atomic mass is 16.6. The first-order valence-corrected chi connectivity index (χ1v) is 6.06. The number of anilines is 1. The summed E-state index contributed by atoms with van der Waals surface area (Å²) in [6.45, 7) is 0.527. The molecule has 0 aliphatic carbocycles. The Labute approximate surface area is 114 Å². The molecule has 20 heavy (non-hydrogen) atoms. The standard InChI is InChI=1S/C11H14N4O5/c1-20-11-9(15(18)19)10(12-6-13-11)14-4-2-3-7(14)5-8(16)17/h6-7H,2-5H2,1H3,(H,16,17). The van der Waals surface area contributed by atoms with Crippen molar-refractivity contribution in [3.8, 4) is 5.88 Å². The van der Waals surface area contributed by atoms with Crippen molar-refractivity contribution in [2.45, 2.75) is 25.3 Å². The fourth-order valence-corrected chi connectivity index (χ4v) is 2.40. The molecule has 9 nitrogen and oxygen atoms in total. The largest absolute Gasteiger partial charge is 0.481 e. The van der Waals surface area contributed by atoms with Crippen LogP contribution in [0.1, 0.15) is 19.3 Å². The van der Waals surface area contributed by atoms with E-state index >= 15 is 0 Å². The van der Waals surface area contributed by atoms with Crippen LogP contribution in [0.15, 0.2) is 6.33 Å². The van der Waals surface area contributed by atoms with Gasteiger partial charge in [-0.05, 0) is 12.8 Å². The summed E-state index contributed by atoms with van der Waals surface area (Å²) in [6, 6.07) is -0.300. The van der Waals surface area contributed by atoms with Gasteiger partial charge in [-0.2, -0.15) is 4.98 Å². The Bertz CT molecular complexity index is 536. The summed E-state index contributed by atoms with van der Waals surface area (Å²) in [6.07, 6.45) is 2.53. The Morgan fingerprint density at radius 3 is 3.00 bits per heavy atom. The van der Waals surface area contributed by atoms with Gasteiger partial charge in [-0.15, -0.1) is 0 Å². The van der Waals surface area contributed by atoms with Gasteiger partial charge in [0.25, 0.3) is 5.88 Å². The average Bonchev–Trinajstić information content (AvgIpc) is 2.84. The number of nitrogens with zero attached hydrogens (tertiary/aromatic N) is 4. The molecule has 0 bridgehead atoms. The van der Waals surface area contributed by atoms with Crippen molar-refractivity contribution in [1.29, 1.82) is 0 Å². The van der Waals surface area contributed by atoms with Crippen LogP contribution in [0, 0.1) is 10.1 Å². The smallest absolute Gasteiger partial charge is 0.372 e. The van der Waals surface area contributed by atoms with Crippen molar-refractivity contribution in [1.82, 2.24) is 9.97 Å². The third kappa shape index (κ3) is 2.60. The summed E-state index contributed by atoms with van der Waals surface area (Å²) < 4.78 is 4.89. The van der Waals surface area contributed by atoms with Gasteiger partial charge in [-0.1, -0.05) is 0 Å². The molecule has 1 atom stereocenters. The molecule has 9 heteroatoms. The lowest BCUT2D eigenvalue weighted by Crippen LogP contribution is -2.32. The molecule has 0 spiro atoms. The third-order valence-electron chi connectivity index (χ3n) is 3.20. The highest BCUT2D eigenvalue weighted by Crippen LogP contribution is 2.37. The quantitative estimate of drug-likeness (QED) is 0.623. The minimum atomic E-state index is -0.939. The molecule has 108 valence electrons. The molecule has 0 radical (unpaired) electrons. The van der Waals surface area contributed by atoms with Crippen LogP contribution in [-0.4, -0.2) is 45.7 Å². The van der Waals surface area contributed by atoms with Gasteiger partial charge in [0, 0.05) is 12.6 Å². The van der Waals surface area contributed by atoms with Gasteiger partial charge in [0.2, 0.25) is 5.82 Å². The van der Waals surface area contributed by atoms with Gasteiger partial charge in [0.05, 0.1) is 18.5 Å². The second kappa shape index (κ2) is 5.68. The van der Waals surface area contributed by atoms with Gasteiger partial charge < -0.3 is 14.7 Å². The Morgan fingerprint density at radius 1 is 1.65 bits per heavy atom. The molecule has 1 fully saturated rings. The highest BCUT2D eigenvalue weighted by molar-refractivity contribution is 5.70. The zero-order valence-electron chi connectivity index (χ0n) is 10.9. The van der Waals surface area contributed by atoms with Crippen LogP contribution < -0.4 is 9.64 Å². The number of hydrogen-bond donors (Lipinski definition) is 1. The predicted octanol–water partition coefficient (Wildman–Crippen LogP) is 0.837. The minimum Gasteiger partial charge on any atom is -0.481 e. The summed E-state index contributed by atoms with van der Waals surface area (Å²) in [5, 5.41) is 20.1. The van der Waals surface area contributed by atoms with Gasteiger partial charge in [-0.25, -0.2) is 4.98 Å². The number of carbonyl (C=O) groups is 1. The lowest BCUT2D eigenvalue weighted by atomic mass is 10.1. The Hall–Kier alpha value is -2.45. The Balaban J connectivity index is 2.41. The van der Waals surface area contributed by atoms with Gasteiger partial charge in [0.1, 0.15) is 6.33 Å². The molecule has 2 heterocycles. The van der Waals surface area contributed by atoms with Crippen LogP contribution in [0.2, 0.25) is 0 Å². The Kier molecular flexibility index (Phi) is 3.97. The molecule has 1 saturated heterocycles. The monoisotopic (exact) mass is 282 g/mol. The molecule has 0 aromatic carbocycles. The van der Waals surface area contributed by atoms with E-state index in [1.54, 1.807) is 4.90 Å². The summed E-state index contributed by atoms with van der Waals surface area (Å²) in [5.41, 5.74) is -0.327. The number of aliphatic carboxylic acids is 1. The molecule has 1 unspecified atom stereocenters. The minimum absolute atomic E-state index is 0.0799. The van der Waals surface area contributed by atoms with Gasteiger partial charge in [0.15, 0.2) is 0 Å². The first-order valence-electron chi connectivity index (χ1n) is 6.06. The second-order valence-corrected chi connectivity index (χ2v) is 4.40. The summed E-state index contributed by atoms with van der Waals surface area (Å²) in [5.74, 6) is -0.947. The molecule has 1 aliphatic heterocycles. The summed E-state index contributed by atoms with van der Waals surface area (Å²) in [4.78, 5) is 30.8. The molecular weight excluding hydrogens is 268 g/mol. The summed E-state index contributed by atoms with van der Waals surface area (Å²) >= 11 is 0. The molecule has 0 saturated carbocycles. The third-order valence-corrected chi connectivity index (χ3v) is 3.20. The summed E-state index contributed by atoms with van der Waals surface area (Å²) in [7, 11) is 1.29. The molecule has 2 rings (SSSR count). The number of rotatable bonds is 5. The van der Waals surface area contributed by atoms with Crippen molar-refractivity contribution in [3.05, 3.63) is 16.4 Å². The first-order chi connectivity index (χ1) is 9.54. The number of ether oxygens (including phenoxy) is 1. The topological polar surface area (TPSA) is 119 Å². The van der Waals surface area contributed by atoms with E-state index in [2.05, 4.69) is 9.97 Å². The van der Waals surface area contributed by atoms with Crippen LogP contribution in [0.25, 0.3) is 0 Å². The van der Waals surface area contributed by atoms with Crippen LogP contribution >= 0.6 is 0 Å². The van der Waals surface area contributed by atoms with Crippen LogP contribution in [0.5, 0.6) is 5.88 Å². The SMILES string of the molecule is COc1ncnc(N2CCCC2CC(=O)O)c1[N+](=O)[O-]. The van der Waals surface area contributed by atoms with E-state index < -0.39 is 10.9 Å².